The molecule has 86 valence electrons. The Bertz CT molecular complexity index is 432. The number of fused-ring (bicyclic) bond motifs is 1. The molecular weight excluding hydrogens is 198 g/mol. The summed E-state index contributed by atoms with van der Waals surface area (Å²) in [6.07, 6.45) is 3.22. The van der Waals surface area contributed by atoms with Gasteiger partial charge in [-0.1, -0.05) is 37.6 Å². The summed E-state index contributed by atoms with van der Waals surface area (Å²) >= 11 is 0. The Labute approximate surface area is 97.1 Å². The van der Waals surface area contributed by atoms with Crippen molar-refractivity contribution < 1.29 is 4.74 Å². The number of methoxy groups -OCH3 is 1. The van der Waals surface area contributed by atoms with Crippen LogP contribution in [0.15, 0.2) is 23.8 Å². The zero-order valence-corrected chi connectivity index (χ0v) is 10.2. The van der Waals surface area contributed by atoms with Crippen LogP contribution < -0.4 is 10.5 Å². The van der Waals surface area contributed by atoms with Crippen LogP contribution in [0, 0.1) is 5.41 Å². The van der Waals surface area contributed by atoms with Crippen molar-refractivity contribution in [3.63, 3.8) is 0 Å². The molecule has 1 aliphatic carbocycles. The van der Waals surface area contributed by atoms with Crippen molar-refractivity contribution in [2.75, 3.05) is 13.7 Å². The molecule has 0 aliphatic heterocycles. The highest BCUT2D eigenvalue weighted by atomic mass is 16.5. The predicted octanol–water partition coefficient (Wildman–Crippen LogP) is 2.62. The van der Waals surface area contributed by atoms with Gasteiger partial charge in [0.2, 0.25) is 0 Å². The highest BCUT2D eigenvalue weighted by molar-refractivity contribution is 5.68. The average molecular weight is 217 g/mol. The van der Waals surface area contributed by atoms with E-state index < -0.39 is 0 Å². The maximum Gasteiger partial charge on any atom is 0.122 e. The van der Waals surface area contributed by atoms with Crippen molar-refractivity contribution >= 4 is 6.08 Å². The molecule has 0 atom stereocenters. The second-order valence-corrected chi connectivity index (χ2v) is 4.96. The van der Waals surface area contributed by atoms with Gasteiger partial charge in [-0.05, 0) is 23.5 Å². The number of ether oxygens (including phenoxy) is 1. The van der Waals surface area contributed by atoms with Crippen molar-refractivity contribution in [1.82, 2.24) is 0 Å². The van der Waals surface area contributed by atoms with Crippen LogP contribution in [0.3, 0.4) is 0 Å². The summed E-state index contributed by atoms with van der Waals surface area (Å²) in [5.41, 5.74) is 9.86. The highest BCUT2D eigenvalue weighted by Crippen LogP contribution is 2.39. The van der Waals surface area contributed by atoms with Crippen LogP contribution in [0.2, 0.25) is 0 Å². The minimum absolute atomic E-state index is 0.0734. The number of benzene rings is 1. The average Bonchev–Trinajstić information content (AvgIpc) is 2.73. The molecule has 0 spiro atoms. The molecule has 2 heteroatoms. The van der Waals surface area contributed by atoms with Crippen molar-refractivity contribution in [3.8, 4) is 5.75 Å². The van der Waals surface area contributed by atoms with E-state index in [0.29, 0.717) is 6.54 Å². The molecule has 2 nitrogen and oxygen atoms in total. The van der Waals surface area contributed by atoms with Crippen LogP contribution >= 0.6 is 0 Å². The summed E-state index contributed by atoms with van der Waals surface area (Å²) in [6, 6.07) is 6.19. The summed E-state index contributed by atoms with van der Waals surface area (Å²) in [5.74, 6) is 0.983. The lowest BCUT2D eigenvalue weighted by atomic mass is 9.83. The lowest BCUT2D eigenvalue weighted by Crippen LogP contribution is -2.25. The van der Waals surface area contributed by atoms with Crippen molar-refractivity contribution in [2.45, 2.75) is 20.3 Å². The number of hydrogen-bond donors (Lipinski definition) is 1. The molecular formula is C14H19NO. The quantitative estimate of drug-likeness (QED) is 0.844. The van der Waals surface area contributed by atoms with E-state index in [4.69, 9.17) is 10.5 Å². The summed E-state index contributed by atoms with van der Waals surface area (Å²) < 4.78 is 5.39. The Morgan fingerprint density at radius 3 is 2.75 bits per heavy atom. The van der Waals surface area contributed by atoms with Crippen LogP contribution in [0.5, 0.6) is 5.75 Å². The molecule has 2 N–H and O–H groups in total. The first-order valence-electron chi connectivity index (χ1n) is 5.65. The van der Waals surface area contributed by atoms with Gasteiger partial charge in [0.25, 0.3) is 0 Å². The first kappa shape index (κ1) is 11.2. The zero-order valence-electron chi connectivity index (χ0n) is 10.2. The van der Waals surface area contributed by atoms with Crippen LogP contribution in [0.25, 0.3) is 6.08 Å². The Morgan fingerprint density at radius 1 is 1.38 bits per heavy atom. The van der Waals surface area contributed by atoms with Gasteiger partial charge in [0.1, 0.15) is 5.75 Å². The van der Waals surface area contributed by atoms with E-state index >= 15 is 0 Å². The van der Waals surface area contributed by atoms with Crippen LogP contribution in [0.1, 0.15) is 25.0 Å². The van der Waals surface area contributed by atoms with Gasteiger partial charge in [-0.15, -0.1) is 0 Å². The second-order valence-electron chi connectivity index (χ2n) is 4.96. The third-order valence-corrected chi connectivity index (χ3v) is 3.47. The number of rotatable bonds is 3. The Balaban J connectivity index is 2.36. The van der Waals surface area contributed by atoms with E-state index in [2.05, 4.69) is 26.0 Å². The van der Waals surface area contributed by atoms with Gasteiger partial charge in [0.15, 0.2) is 0 Å². The van der Waals surface area contributed by atoms with Crippen LogP contribution in [-0.4, -0.2) is 13.7 Å². The Morgan fingerprint density at radius 2 is 2.12 bits per heavy atom. The maximum absolute atomic E-state index is 5.82. The number of nitrogens with two attached hydrogens (primary N) is 1. The van der Waals surface area contributed by atoms with Crippen molar-refractivity contribution in [2.24, 2.45) is 11.1 Å². The molecule has 0 aromatic heterocycles. The normalized spacial score (nSPS) is 14.6. The molecule has 16 heavy (non-hydrogen) atoms. The molecule has 0 bridgehead atoms. The highest BCUT2D eigenvalue weighted by Gasteiger charge is 2.27. The molecule has 0 saturated heterocycles. The fraction of sp³-hybridized carbons (Fsp3) is 0.429. The molecule has 0 heterocycles. The zero-order chi connectivity index (χ0) is 11.8. The Hall–Kier alpha value is -1.28. The van der Waals surface area contributed by atoms with E-state index in [1.54, 1.807) is 7.11 Å². The standard InChI is InChI=1S/C14H19NO/c1-14(2,9-15)11-7-10-5-4-6-13(16-3)12(10)8-11/h4-7H,8-9,15H2,1-3H3. The summed E-state index contributed by atoms with van der Waals surface area (Å²) in [6.45, 7) is 5.06. The second kappa shape index (κ2) is 3.95. The fourth-order valence-corrected chi connectivity index (χ4v) is 2.09. The van der Waals surface area contributed by atoms with E-state index in [1.807, 2.05) is 12.1 Å². The summed E-state index contributed by atoms with van der Waals surface area (Å²) in [5, 5.41) is 0. The van der Waals surface area contributed by atoms with E-state index in [-0.39, 0.29) is 5.41 Å². The van der Waals surface area contributed by atoms with Gasteiger partial charge in [-0.2, -0.15) is 0 Å². The first-order chi connectivity index (χ1) is 7.58. The minimum Gasteiger partial charge on any atom is -0.496 e. The predicted molar refractivity (Wildman–Crippen MR) is 67.5 cm³/mol. The Kier molecular flexibility index (Phi) is 2.76. The minimum atomic E-state index is 0.0734. The van der Waals surface area contributed by atoms with Gasteiger partial charge < -0.3 is 10.5 Å². The fourth-order valence-electron chi connectivity index (χ4n) is 2.09. The summed E-state index contributed by atoms with van der Waals surface area (Å²) in [4.78, 5) is 0. The van der Waals surface area contributed by atoms with Crippen LogP contribution in [0.4, 0.5) is 0 Å². The largest absolute Gasteiger partial charge is 0.496 e. The first-order valence-corrected chi connectivity index (χ1v) is 5.65. The van der Waals surface area contributed by atoms with Crippen LogP contribution in [-0.2, 0) is 6.42 Å². The smallest absolute Gasteiger partial charge is 0.122 e. The molecule has 0 fully saturated rings. The molecule has 0 amide bonds. The lowest BCUT2D eigenvalue weighted by Gasteiger charge is -2.24. The molecule has 0 radical (unpaired) electrons. The molecule has 1 aliphatic rings. The maximum atomic E-state index is 5.82. The SMILES string of the molecule is COc1cccc2c1CC(C(C)(C)CN)=C2. The van der Waals surface area contributed by atoms with Gasteiger partial charge in [0.05, 0.1) is 7.11 Å². The molecule has 0 saturated carbocycles. The van der Waals surface area contributed by atoms with E-state index in [0.717, 1.165) is 12.2 Å². The lowest BCUT2D eigenvalue weighted by molar-refractivity contribution is 0.408. The third-order valence-electron chi connectivity index (χ3n) is 3.47. The van der Waals surface area contributed by atoms with E-state index in [9.17, 15) is 0 Å². The molecule has 0 unspecified atom stereocenters. The summed E-state index contributed by atoms with van der Waals surface area (Å²) in [7, 11) is 1.72. The topological polar surface area (TPSA) is 35.2 Å². The third kappa shape index (κ3) is 1.74. The van der Waals surface area contributed by atoms with Crippen molar-refractivity contribution in [3.05, 3.63) is 34.9 Å². The molecule has 2 rings (SSSR count). The van der Waals surface area contributed by atoms with Gasteiger partial charge in [-0.25, -0.2) is 0 Å². The van der Waals surface area contributed by atoms with E-state index in [1.165, 1.54) is 16.7 Å². The molecule has 1 aromatic rings. The monoisotopic (exact) mass is 217 g/mol. The van der Waals surface area contributed by atoms with Gasteiger partial charge in [-0.3, -0.25) is 0 Å². The number of hydrogen-bond acceptors (Lipinski definition) is 2. The van der Waals surface area contributed by atoms with Gasteiger partial charge in [0, 0.05) is 12.1 Å². The van der Waals surface area contributed by atoms with Gasteiger partial charge >= 0.3 is 0 Å². The molecule has 1 aromatic carbocycles. The van der Waals surface area contributed by atoms with Crippen molar-refractivity contribution in [1.29, 1.82) is 0 Å².